The number of nitrogens with zero attached hydrogens (tertiary/aromatic N) is 1. The molecule has 1 heterocycles. The van der Waals surface area contributed by atoms with Crippen LogP contribution in [0.4, 0.5) is 10.1 Å². The van der Waals surface area contributed by atoms with Crippen molar-refractivity contribution in [2.75, 3.05) is 11.6 Å². The summed E-state index contributed by atoms with van der Waals surface area (Å²) in [4.78, 5) is 3.23. The molecule has 0 spiro atoms. The van der Waals surface area contributed by atoms with E-state index in [1.54, 1.807) is 12.1 Å². The number of benzene rings is 1. The van der Waals surface area contributed by atoms with Gasteiger partial charge >= 0.3 is 0 Å². The summed E-state index contributed by atoms with van der Waals surface area (Å²) in [7, 11) is 0. The second kappa shape index (κ2) is 3.54. The zero-order valence-corrected chi connectivity index (χ0v) is 9.54. The van der Waals surface area contributed by atoms with Gasteiger partial charge in [-0.1, -0.05) is 11.6 Å². The molecule has 3 rings (SSSR count). The van der Waals surface area contributed by atoms with Gasteiger partial charge in [-0.05, 0) is 36.9 Å². The molecule has 1 fully saturated rings. The first-order valence-corrected chi connectivity index (χ1v) is 6.10. The topological polar surface area (TPSA) is 15.3 Å². The van der Waals surface area contributed by atoms with Gasteiger partial charge in [-0.15, -0.1) is 0 Å². The van der Waals surface area contributed by atoms with E-state index in [4.69, 9.17) is 11.6 Å². The van der Waals surface area contributed by atoms with Gasteiger partial charge in [0.25, 0.3) is 0 Å². The molecule has 1 aromatic rings. The Morgan fingerprint density at radius 3 is 3.00 bits per heavy atom. The van der Waals surface area contributed by atoms with E-state index in [1.165, 1.54) is 24.8 Å². The Balaban J connectivity index is 2.05. The summed E-state index contributed by atoms with van der Waals surface area (Å²) in [6.07, 6.45) is 2.41. The van der Waals surface area contributed by atoms with Gasteiger partial charge < -0.3 is 4.90 Å². The monoisotopic (exact) mass is 244 g/mol. The predicted octanol–water partition coefficient (Wildman–Crippen LogP) is 3.02. The van der Waals surface area contributed by atoms with Crippen molar-refractivity contribution in [1.29, 1.82) is 0 Å². The van der Waals surface area contributed by atoms with Crippen LogP contribution in [0.2, 0.25) is 5.02 Å². The maximum Gasteiger partial charge on any atom is 0.143 e. The minimum absolute atomic E-state index is 0.195. The van der Waals surface area contributed by atoms with Gasteiger partial charge in [0.15, 0.2) is 0 Å². The first-order chi connectivity index (χ1) is 7.25. The van der Waals surface area contributed by atoms with Gasteiger partial charge in [0.2, 0.25) is 0 Å². The normalized spacial score (nSPS) is 20.3. The minimum Gasteiger partial charge on any atom is -0.354 e. The van der Waals surface area contributed by atoms with E-state index >= 15 is 0 Å². The first kappa shape index (κ1) is 9.75. The Labute approximate surface area is 96.9 Å². The summed E-state index contributed by atoms with van der Waals surface area (Å²) in [6.45, 7) is 0.781. The summed E-state index contributed by atoms with van der Waals surface area (Å²) in [5.74, 6) is -0.330. The fourth-order valence-electron chi connectivity index (χ4n) is 1.80. The second-order valence-corrected chi connectivity index (χ2v) is 5.18. The number of hydrogen-bond donors (Lipinski definition) is 1. The summed E-state index contributed by atoms with van der Waals surface area (Å²) in [6, 6.07) is 3.82. The lowest BCUT2D eigenvalue weighted by molar-refractivity contribution is 0.623. The molecule has 1 N–H and O–H groups in total. The number of halogens is 2. The highest BCUT2D eigenvalue weighted by Crippen LogP contribution is 2.41. The quantitative estimate of drug-likeness (QED) is 0.765. The molecule has 0 radical (unpaired) electrons. The Bertz CT molecular complexity index is 409. The Hall–Kier alpha value is -0.450. The highest BCUT2D eigenvalue weighted by Gasteiger charge is 2.32. The second-order valence-electron chi connectivity index (χ2n) is 3.84. The van der Waals surface area contributed by atoms with Gasteiger partial charge in [-0.3, -0.25) is 0 Å². The smallest absolute Gasteiger partial charge is 0.143 e. The molecule has 2 nitrogen and oxygen atoms in total. The molecule has 1 aliphatic heterocycles. The zero-order valence-electron chi connectivity index (χ0n) is 7.96. The first-order valence-electron chi connectivity index (χ1n) is 4.91. The molecule has 0 atom stereocenters. The highest BCUT2D eigenvalue weighted by atomic mass is 35.5. The molecule has 15 heavy (non-hydrogen) atoms. The molecule has 5 heteroatoms. The average Bonchev–Trinajstić information content (AvgIpc) is 3.02. The third kappa shape index (κ3) is 1.71. The van der Waals surface area contributed by atoms with Crippen LogP contribution in [0, 0.1) is 5.82 Å². The number of fused-ring (bicyclic) bond motifs is 1. The van der Waals surface area contributed by atoms with E-state index in [-0.39, 0.29) is 10.8 Å². The van der Waals surface area contributed by atoms with Crippen LogP contribution in [-0.2, 0) is 0 Å². The molecule has 0 unspecified atom stereocenters. The Morgan fingerprint density at radius 1 is 1.47 bits per heavy atom. The Kier molecular flexibility index (Phi) is 2.30. The van der Waals surface area contributed by atoms with E-state index in [2.05, 4.69) is 9.62 Å². The summed E-state index contributed by atoms with van der Waals surface area (Å²) < 4.78 is 16.6. The molecule has 1 aliphatic carbocycles. The van der Waals surface area contributed by atoms with Crippen molar-refractivity contribution in [2.24, 2.45) is 0 Å². The summed E-state index contributed by atoms with van der Waals surface area (Å²) in [5.41, 5.74) is 0.975. The van der Waals surface area contributed by atoms with E-state index in [1.807, 2.05) is 0 Å². The van der Waals surface area contributed by atoms with Crippen LogP contribution in [0.3, 0.4) is 0 Å². The third-order valence-corrected chi connectivity index (χ3v) is 3.83. The van der Waals surface area contributed by atoms with Gasteiger partial charge in [-0.25, -0.2) is 9.11 Å². The maximum atomic E-state index is 13.4. The van der Waals surface area contributed by atoms with E-state index < -0.39 is 0 Å². The van der Waals surface area contributed by atoms with Gasteiger partial charge in [0.05, 0.1) is 17.4 Å². The van der Waals surface area contributed by atoms with Gasteiger partial charge in [0, 0.05) is 10.9 Å². The number of anilines is 1. The maximum absolute atomic E-state index is 13.4. The molecule has 0 amide bonds. The lowest BCUT2D eigenvalue weighted by Crippen LogP contribution is -2.36. The lowest BCUT2D eigenvalue weighted by Gasteiger charge is -2.31. The molecule has 0 aromatic heterocycles. The van der Waals surface area contributed by atoms with Crippen LogP contribution in [0.5, 0.6) is 0 Å². The van der Waals surface area contributed by atoms with Gasteiger partial charge in [0.1, 0.15) is 5.82 Å². The molecule has 0 saturated heterocycles. The molecule has 80 valence electrons. The zero-order chi connectivity index (χ0) is 10.4. The molecule has 1 saturated carbocycles. The van der Waals surface area contributed by atoms with Gasteiger partial charge in [-0.2, -0.15) is 0 Å². The highest BCUT2D eigenvalue weighted by molar-refractivity contribution is 7.97. The van der Waals surface area contributed by atoms with E-state index in [0.717, 1.165) is 17.3 Å². The van der Waals surface area contributed by atoms with Crippen molar-refractivity contribution in [1.82, 2.24) is 4.72 Å². The van der Waals surface area contributed by atoms with E-state index in [0.29, 0.717) is 6.04 Å². The predicted molar refractivity (Wildman–Crippen MR) is 60.8 cm³/mol. The number of rotatable bonds is 1. The lowest BCUT2D eigenvalue weighted by atomic mass is 10.2. The van der Waals surface area contributed by atoms with Crippen LogP contribution in [-0.4, -0.2) is 12.7 Å². The largest absolute Gasteiger partial charge is 0.354 e. The van der Waals surface area contributed by atoms with Crippen molar-refractivity contribution >= 4 is 29.2 Å². The molecule has 1 aromatic carbocycles. The molecule has 0 bridgehead atoms. The Morgan fingerprint density at radius 2 is 2.27 bits per heavy atom. The summed E-state index contributed by atoms with van der Waals surface area (Å²) in [5, 5.41) is 0.195. The SMILES string of the molecule is Fc1cc2c(cc1Cl)SNCN2C1CC1. The summed E-state index contributed by atoms with van der Waals surface area (Å²) >= 11 is 7.27. The van der Waals surface area contributed by atoms with Crippen molar-refractivity contribution in [3.05, 3.63) is 23.0 Å². The van der Waals surface area contributed by atoms with Crippen LogP contribution in [0.1, 0.15) is 12.8 Å². The fraction of sp³-hybridized carbons (Fsp3) is 0.400. The van der Waals surface area contributed by atoms with E-state index in [9.17, 15) is 4.39 Å². The number of nitrogens with one attached hydrogen (secondary N) is 1. The van der Waals surface area contributed by atoms with Crippen molar-refractivity contribution < 1.29 is 4.39 Å². The van der Waals surface area contributed by atoms with Crippen LogP contribution in [0.25, 0.3) is 0 Å². The minimum atomic E-state index is -0.330. The fourth-order valence-corrected chi connectivity index (χ4v) is 2.85. The number of hydrogen-bond acceptors (Lipinski definition) is 3. The molecule has 2 aliphatic rings. The van der Waals surface area contributed by atoms with Crippen LogP contribution in [0.15, 0.2) is 17.0 Å². The third-order valence-electron chi connectivity index (χ3n) is 2.72. The molecular formula is C10H10ClFN2S. The van der Waals surface area contributed by atoms with Crippen LogP contribution >= 0.6 is 23.5 Å². The molecular weight excluding hydrogens is 235 g/mol. The van der Waals surface area contributed by atoms with Crippen molar-refractivity contribution in [3.63, 3.8) is 0 Å². The van der Waals surface area contributed by atoms with Crippen LogP contribution < -0.4 is 9.62 Å². The van der Waals surface area contributed by atoms with Crippen molar-refractivity contribution in [3.8, 4) is 0 Å². The van der Waals surface area contributed by atoms with Crippen molar-refractivity contribution in [2.45, 2.75) is 23.8 Å². The average molecular weight is 245 g/mol. The standard InChI is InChI=1S/C10H10ClFN2S/c11-7-3-10-9(4-8(7)12)14(5-13-15-10)6-1-2-6/h3-4,6,13H,1-2,5H2.